The van der Waals surface area contributed by atoms with Crippen LogP contribution in [0.4, 0.5) is 5.69 Å². The van der Waals surface area contributed by atoms with Gasteiger partial charge in [0.25, 0.3) is 0 Å². The van der Waals surface area contributed by atoms with Crippen molar-refractivity contribution in [2.75, 3.05) is 5.32 Å². The maximum absolute atomic E-state index is 11.4. The van der Waals surface area contributed by atoms with Crippen LogP contribution in [0.5, 0.6) is 0 Å². The number of carbonyl (C=O) groups is 1. The fraction of sp³-hybridized carbons (Fsp3) is 0.133. The summed E-state index contributed by atoms with van der Waals surface area (Å²) in [6.07, 6.45) is 0.462. The van der Waals surface area contributed by atoms with Crippen LogP contribution in [0.25, 0.3) is 0 Å². The van der Waals surface area contributed by atoms with Crippen molar-refractivity contribution < 1.29 is 4.79 Å². The zero-order valence-corrected chi connectivity index (χ0v) is 12.3. The quantitative estimate of drug-likeness (QED) is 0.813. The number of hydrogen-bond donors (Lipinski definition) is 1. The molecule has 0 saturated carbocycles. The molecule has 96 valence electrons. The van der Waals surface area contributed by atoms with Crippen LogP contribution in [0.2, 0.25) is 5.02 Å². The minimum absolute atomic E-state index is 0.0600. The second kappa shape index (κ2) is 4.99. The molecule has 4 heteroatoms. The van der Waals surface area contributed by atoms with E-state index < -0.39 is 0 Å². The van der Waals surface area contributed by atoms with Crippen molar-refractivity contribution in [1.82, 2.24) is 0 Å². The SMILES string of the molecule is O=C1Cc2cc(C(Br)c3ccc(Cl)cc3)ccc2N1. The van der Waals surface area contributed by atoms with Gasteiger partial charge in [0.05, 0.1) is 11.2 Å². The van der Waals surface area contributed by atoms with Gasteiger partial charge in [-0.3, -0.25) is 4.79 Å². The van der Waals surface area contributed by atoms with Crippen LogP contribution in [0.1, 0.15) is 21.5 Å². The summed E-state index contributed by atoms with van der Waals surface area (Å²) < 4.78 is 0. The summed E-state index contributed by atoms with van der Waals surface area (Å²) in [5.74, 6) is 0.0600. The van der Waals surface area contributed by atoms with Crippen molar-refractivity contribution in [3.63, 3.8) is 0 Å². The fourth-order valence-electron chi connectivity index (χ4n) is 2.23. The third kappa shape index (κ3) is 2.53. The van der Waals surface area contributed by atoms with E-state index in [0.29, 0.717) is 6.42 Å². The van der Waals surface area contributed by atoms with Gasteiger partial charge in [0.2, 0.25) is 5.91 Å². The van der Waals surface area contributed by atoms with E-state index in [1.54, 1.807) is 0 Å². The first-order valence-electron chi connectivity index (χ1n) is 5.96. The van der Waals surface area contributed by atoms with Crippen LogP contribution in [0.15, 0.2) is 42.5 Å². The van der Waals surface area contributed by atoms with Crippen molar-refractivity contribution in [3.05, 3.63) is 64.2 Å². The molecule has 0 fully saturated rings. The lowest BCUT2D eigenvalue weighted by Gasteiger charge is -2.12. The molecule has 0 radical (unpaired) electrons. The highest BCUT2D eigenvalue weighted by molar-refractivity contribution is 9.09. The van der Waals surface area contributed by atoms with Gasteiger partial charge in [-0.25, -0.2) is 0 Å². The number of fused-ring (bicyclic) bond motifs is 1. The summed E-state index contributed by atoms with van der Waals surface area (Å²) in [6, 6.07) is 13.8. The number of anilines is 1. The predicted octanol–water partition coefficient (Wildman–Crippen LogP) is 4.32. The minimum atomic E-state index is 0.0600. The number of rotatable bonds is 2. The van der Waals surface area contributed by atoms with E-state index in [-0.39, 0.29) is 10.7 Å². The topological polar surface area (TPSA) is 29.1 Å². The Kier molecular flexibility index (Phi) is 3.33. The van der Waals surface area contributed by atoms with E-state index in [1.165, 1.54) is 0 Å². The van der Waals surface area contributed by atoms with Gasteiger partial charge in [-0.15, -0.1) is 0 Å². The van der Waals surface area contributed by atoms with Gasteiger partial charge >= 0.3 is 0 Å². The summed E-state index contributed by atoms with van der Waals surface area (Å²) in [5, 5.41) is 3.57. The Balaban J connectivity index is 1.92. The summed E-state index contributed by atoms with van der Waals surface area (Å²) in [4.78, 5) is 11.5. The second-order valence-corrected chi connectivity index (χ2v) is 5.91. The molecule has 0 saturated heterocycles. The van der Waals surface area contributed by atoms with Gasteiger partial charge in [-0.05, 0) is 34.9 Å². The second-order valence-electron chi connectivity index (χ2n) is 4.56. The maximum Gasteiger partial charge on any atom is 0.228 e. The van der Waals surface area contributed by atoms with Gasteiger partial charge in [0.1, 0.15) is 0 Å². The first kappa shape index (κ1) is 12.7. The number of nitrogens with one attached hydrogen (secondary N) is 1. The molecule has 1 unspecified atom stereocenters. The first-order valence-corrected chi connectivity index (χ1v) is 7.25. The molecule has 1 amide bonds. The number of carbonyl (C=O) groups excluding carboxylic acids is 1. The Labute approximate surface area is 124 Å². The predicted molar refractivity (Wildman–Crippen MR) is 81.0 cm³/mol. The zero-order valence-electron chi connectivity index (χ0n) is 9.99. The average molecular weight is 337 g/mol. The van der Waals surface area contributed by atoms with Crippen LogP contribution in [-0.2, 0) is 11.2 Å². The highest BCUT2D eigenvalue weighted by Gasteiger charge is 2.19. The molecule has 0 spiro atoms. The molecule has 3 rings (SSSR count). The summed E-state index contributed by atoms with van der Waals surface area (Å²) in [5.41, 5.74) is 4.25. The van der Waals surface area contributed by atoms with Crippen LogP contribution >= 0.6 is 27.5 Å². The summed E-state index contributed by atoms with van der Waals surface area (Å²) >= 11 is 9.59. The molecule has 1 heterocycles. The van der Waals surface area contributed by atoms with E-state index in [2.05, 4.69) is 27.3 Å². The summed E-state index contributed by atoms with van der Waals surface area (Å²) in [7, 11) is 0. The van der Waals surface area contributed by atoms with E-state index in [1.807, 2.05) is 36.4 Å². The highest BCUT2D eigenvalue weighted by atomic mass is 79.9. The smallest absolute Gasteiger partial charge is 0.228 e. The van der Waals surface area contributed by atoms with Crippen molar-refractivity contribution in [3.8, 4) is 0 Å². The largest absolute Gasteiger partial charge is 0.326 e. The minimum Gasteiger partial charge on any atom is -0.326 e. The van der Waals surface area contributed by atoms with E-state index >= 15 is 0 Å². The highest BCUT2D eigenvalue weighted by Crippen LogP contribution is 2.34. The number of alkyl halides is 1. The van der Waals surface area contributed by atoms with Crippen LogP contribution < -0.4 is 5.32 Å². The fourth-order valence-corrected chi connectivity index (χ4v) is 2.95. The number of hydrogen-bond acceptors (Lipinski definition) is 1. The lowest BCUT2D eigenvalue weighted by Crippen LogP contribution is -2.03. The third-order valence-corrected chi connectivity index (χ3v) is 4.52. The summed E-state index contributed by atoms with van der Waals surface area (Å²) in [6.45, 7) is 0. The Morgan fingerprint density at radius 3 is 2.53 bits per heavy atom. The van der Waals surface area contributed by atoms with Crippen LogP contribution in [0, 0.1) is 0 Å². The first-order chi connectivity index (χ1) is 9.13. The van der Waals surface area contributed by atoms with Crippen molar-refractivity contribution in [2.24, 2.45) is 0 Å². The molecule has 0 aromatic heterocycles. The van der Waals surface area contributed by atoms with Crippen molar-refractivity contribution in [2.45, 2.75) is 11.2 Å². The van der Waals surface area contributed by atoms with Crippen molar-refractivity contribution in [1.29, 1.82) is 0 Å². The molecular formula is C15H11BrClNO. The molecule has 2 nitrogen and oxygen atoms in total. The van der Waals surface area contributed by atoms with Gasteiger partial charge in [-0.1, -0.05) is 51.8 Å². The molecule has 2 aromatic carbocycles. The van der Waals surface area contributed by atoms with Gasteiger partial charge in [0, 0.05) is 10.7 Å². The van der Waals surface area contributed by atoms with Gasteiger partial charge in [0.15, 0.2) is 0 Å². The van der Waals surface area contributed by atoms with Gasteiger partial charge < -0.3 is 5.32 Å². The van der Waals surface area contributed by atoms with Crippen molar-refractivity contribution >= 4 is 39.1 Å². The molecule has 1 N–H and O–H groups in total. The molecule has 19 heavy (non-hydrogen) atoms. The monoisotopic (exact) mass is 335 g/mol. The van der Waals surface area contributed by atoms with Crippen LogP contribution in [0.3, 0.4) is 0 Å². The van der Waals surface area contributed by atoms with E-state index in [4.69, 9.17) is 11.6 Å². The Hall–Kier alpha value is -1.32. The number of halogens is 2. The molecule has 1 aliphatic rings. The van der Waals surface area contributed by atoms with Crippen LogP contribution in [-0.4, -0.2) is 5.91 Å². The normalized spacial score (nSPS) is 14.9. The average Bonchev–Trinajstić information content (AvgIpc) is 2.77. The maximum atomic E-state index is 11.4. The molecule has 0 aliphatic carbocycles. The Bertz CT molecular complexity index is 639. The zero-order chi connectivity index (χ0) is 13.4. The molecule has 2 aromatic rings. The third-order valence-electron chi connectivity index (χ3n) is 3.21. The standard InChI is InChI=1S/C15H11BrClNO/c16-15(9-1-4-12(17)5-2-9)10-3-6-13-11(7-10)8-14(19)18-13/h1-7,15H,8H2,(H,18,19). The molecule has 1 aliphatic heterocycles. The molecule has 1 atom stereocenters. The van der Waals surface area contributed by atoms with E-state index in [0.717, 1.165) is 27.4 Å². The lowest BCUT2D eigenvalue weighted by molar-refractivity contribution is -0.115. The molecule has 0 bridgehead atoms. The van der Waals surface area contributed by atoms with Gasteiger partial charge in [-0.2, -0.15) is 0 Å². The number of amides is 1. The Morgan fingerprint density at radius 2 is 1.79 bits per heavy atom. The Morgan fingerprint density at radius 1 is 1.11 bits per heavy atom. The molecular weight excluding hydrogens is 326 g/mol. The lowest BCUT2D eigenvalue weighted by atomic mass is 10.0. The van der Waals surface area contributed by atoms with E-state index in [9.17, 15) is 4.79 Å². The number of benzene rings is 2.